The summed E-state index contributed by atoms with van der Waals surface area (Å²) in [5.74, 6) is -0.199. The van der Waals surface area contributed by atoms with Crippen LogP contribution in [0.4, 0.5) is 0 Å². The summed E-state index contributed by atoms with van der Waals surface area (Å²) in [6.45, 7) is 1.29. The van der Waals surface area contributed by atoms with Crippen molar-refractivity contribution in [1.82, 2.24) is 4.72 Å². The zero-order valence-electron chi connectivity index (χ0n) is 13.3. The molecule has 0 aliphatic heterocycles. The van der Waals surface area contributed by atoms with E-state index in [0.29, 0.717) is 18.4 Å². The molecule has 0 spiro atoms. The van der Waals surface area contributed by atoms with Crippen molar-refractivity contribution in [3.05, 3.63) is 65.2 Å². The molecule has 5 nitrogen and oxygen atoms in total. The van der Waals surface area contributed by atoms with Crippen LogP contribution in [-0.4, -0.2) is 25.9 Å². The molecule has 0 heterocycles. The first-order valence-corrected chi connectivity index (χ1v) is 9.22. The Morgan fingerprint density at radius 1 is 1.21 bits per heavy atom. The molecule has 126 valence electrons. The average molecular weight is 345 g/mol. The molecule has 0 radical (unpaired) electrons. The summed E-state index contributed by atoms with van der Waals surface area (Å²) in [7, 11) is -3.81. The number of rotatable bonds is 5. The van der Waals surface area contributed by atoms with Gasteiger partial charge >= 0.3 is 0 Å². The quantitative estimate of drug-likeness (QED) is 0.812. The third-order valence-electron chi connectivity index (χ3n) is 4.43. The Balaban J connectivity index is 1.81. The van der Waals surface area contributed by atoms with Crippen molar-refractivity contribution in [1.29, 1.82) is 0 Å². The van der Waals surface area contributed by atoms with E-state index in [1.165, 1.54) is 25.1 Å². The molecule has 3 rings (SSSR count). The van der Waals surface area contributed by atoms with Crippen LogP contribution in [0.5, 0.6) is 0 Å². The van der Waals surface area contributed by atoms with Crippen LogP contribution in [0.2, 0.25) is 0 Å². The number of carbonyl (C=O) groups is 1. The number of aryl methyl sites for hydroxylation is 1. The highest BCUT2D eigenvalue weighted by Crippen LogP contribution is 2.36. The molecule has 1 atom stereocenters. The molecule has 1 aliphatic carbocycles. The fraction of sp³-hybridized carbons (Fsp3) is 0.278. The Morgan fingerprint density at radius 3 is 2.71 bits per heavy atom. The number of ketones is 1. The second-order valence-corrected chi connectivity index (χ2v) is 7.86. The highest BCUT2D eigenvalue weighted by Gasteiger charge is 2.37. The maximum atomic E-state index is 12.5. The van der Waals surface area contributed by atoms with E-state index in [1.54, 1.807) is 6.07 Å². The molecule has 1 aliphatic rings. The first kappa shape index (κ1) is 16.8. The normalized spacial score (nSPS) is 19.9. The molecule has 2 N–H and O–H groups in total. The van der Waals surface area contributed by atoms with Gasteiger partial charge in [-0.3, -0.25) is 4.79 Å². The number of benzene rings is 2. The summed E-state index contributed by atoms with van der Waals surface area (Å²) in [4.78, 5) is 11.4. The first-order valence-electron chi connectivity index (χ1n) is 7.73. The SMILES string of the molecule is CC(=O)c1cccc(S(=O)(=O)NCC2(O)CCc3ccccc32)c1. The van der Waals surface area contributed by atoms with Crippen molar-refractivity contribution in [2.75, 3.05) is 6.54 Å². The molecule has 0 saturated heterocycles. The lowest BCUT2D eigenvalue weighted by Crippen LogP contribution is -2.39. The van der Waals surface area contributed by atoms with Gasteiger partial charge in [-0.2, -0.15) is 0 Å². The molecule has 2 aromatic carbocycles. The number of aliphatic hydroxyl groups is 1. The molecule has 24 heavy (non-hydrogen) atoms. The van der Waals surface area contributed by atoms with Gasteiger partial charge in [0.2, 0.25) is 10.0 Å². The van der Waals surface area contributed by atoms with Crippen LogP contribution in [0, 0.1) is 0 Å². The van der Waals surface area contributed by atoms with Gasteiger partial charge in [-0.25, -0.2) is 13.1 Å². The Kier molecular flexibility index (Phi) is 4.29. The Hall–Kier alpha value is -2.02. The van der Waals surface area contributed by atoms with Gasteiger partial charge < -0.3 is 5.11 Å². The monoisotopic (exact) mass is 345 g/mol. The highest BCUT2D eigenvalue weighted by molar-refractivity contribution is 7.89. The Morgan fingerprint density at radius 2 is 1.96 bits per heavy atom. The summed E-state index contributed by atoms with van der Waals surface area (Å²) in [5.41, 5.74) is 0.938. The van der Waals surface area contributed by atoms with Gasteiger partial charge in [0.05, 0.1) is 4.90 Å². The van der Waals surface area contributed by atoms with Gasteiger partial charge in [0.1, 0.15) is 5.60 Å². The molecular formula is C18H19NO4S. The van der Waals surface area contributed by atoms with E-state index in [9.17, 15) is 18.3 Å². The van der Waals surface area contributed by atoms with E-state index in [-0.39, 0.29) is 17.2 Å². The average Bonchev–Trinajstić information content (AvgIpc) is 2.92. The minimum Gasteiger partial charge on any atom is -0.384 e. The molecule has 6 heteroatoms. The third-order valence-corrected chi connectivity index (χ3v) is 5.83. The van der Waals surface area contributed by atoms with E-state index in [1.807, 2.05) is 24.3 Å². The van der Waals surface area contributed by atoms with Crippen molar-refractivity contribution in [3.8, 4) is 0 Å². The number of hydrogen-bond acceptors (Lipinski definition) is 4. The number of fused-ring (bicyclic) bond motifs is 1. The largest absolute Gasteiger partial charge is 0.384 e. The molecule has 0 fully saturated rings. The minimum absolute atomic E-state index is 0.0186. The summed E-state index contributed by atoms with van der Waals surface area (Å²) in [6.07, 6.45) is 1.19. The van der Waals surface area contributed by atoms with Gasteiger partial charge in [0, 0.05) is 12.1 Å². The van der Waals surface area contributed by atoms with Crippen LogP contribution < -0.4 is 4.72 Å². The van der Waals surface area contributed by atoms with Crippen LogP contribution in [0.3, 0.4) is 0 Å². The smallest absolute Gasteiger partial charge is 0.240 e. The van der Waals surface area contributed by atoms with E-state index < -0.39 is 15.6 Å². The lowest BCUT2D eigenvalue weighted by molar-refractivity contribution is 0.0442. The van der Waals surface area contributed by atoms with Crippen molar-refractivity contribution >= 4 is 15.8 Å². The van der Waals surface area contributed by atoms with Crippen LogP contribution >= 0.6 is 0 Å². The number of nitrogens with one attached hydrogen (secondary N) is 1. The van der Waals surface area contributed by atoms with Crippen molar-refractivity contribution in [2.45, 2.75) is 30.3 Å². The molecular weight excluding hydrogens is 326 g/mol. The molecule has 1 unspecified atom stereocenters. The third kappa shape index (κ3) is 3.13. The van der Waals surface area contributed by atoms with Crippen LogP contribution in [-0.2, 0) is 22.0 Å². The van der Waals surface area contributed by atoms with E-state index >= 15 is 0 Å². The molecule has 0 aromatic heterocycles. The van der Waals surface area contributed by atoms with Gasteiger partial charge in [-0.1, -0.05) is 36.4 Å². The predicted molar refractivity (Wildman–Crippen MR) is 90.3 cm³/mol. The highest BCUT2D eigenvalue weighted by atomic mass is 32.2. The topological polar surface area (TPSA) is 83.5 Å². The fourth-order valence-corrected chi connectivity index (χ4v) is 4.17. The zero-order chi connectivity index (χ0) is 17.4. The molecule has 0 saturated carbocycles. The molecule has 0 bridgehead atoms. The van der Waals surface area contributed by atoms with Crippen molar-refractivity contribution < 1.29 is 18.3 Å². The fourth-order valence-electron chi connectivity index (χ4n) is 3.03. The lowest BCUT2D eigenvalue weighted by Gasteiger charge is -2.24. The van der Waals surface area contributed by atoms with E-state index in [4.69, 9.17) is 0 Å². The van der Waals surface area contributed by atoms with Crippen LogP contribution in [0.1, 0.15) is 34.8 Å². The van der Waals surface area contributed by atoms with Crippen molar-refractivity contribution in [3.63, 3.8) is 0 Å². The lowest BCUT2D eigenvalue weighted by atomic mass is 9.96. The zero-order valence-corrected chi connectivity index (χ0v) is 14.1. The van der Waals surface area contributed by atoms with Crippen LogP contribution in [0.15, 0.2) is 53.4 Å². The standard InChI is InChI=1S/C18H19NO4S/c1-13(20)15-6-4-7-16(11-15)24(22,23)19-12-18(21)10-9-14-5-2-3-8-17(14)18/h2-8,11,19,21H,9-10,12H2,1H3. The maximum Gasteiger partial charge on any atom is 0.240 e. The molecule has 0 amide bonds. The number of sulfonamides is 1. The molecule has 2 aromatic rings. The van der Waals surface area contributed by atoms with Gasteiger partial charge in [-0.15, -0.1) is 0 Å². The Bertz CT molecular complexity index is 891. The van der Waals surface area contributed by atoms with Gasteiger partial charge in [0.25, 0.3) is 0 Å². The summed E-state index contributed by atoms with van der Waals surface area (Å²) in [5, 5.41) is 10.8. The first-order chi connectivity index (χ1) is 11.3. The summed E-state index contributed by atoms with van der Waals surface area (Å²) < 4.78 is 27.4. The van der Waals surface area contributed by atoms with Crippen molar-refractivity contribution in [2.24, 2.45) is 0 Å². The number of hydrogen-bond donors (Lipinski definition) is 2. The summed E-state index contributed by atoms with van der Waals surface area (Å²) in [6, 6.07) is 13.4. The number of Topliss-reactive ketones (excluding diaryl/α,β-unsaturated/α-hetero) is 1. The number of carbonyl (C=O) groups excluding carboxylic acids is 1. The van der Waals surface area contributed by atoms with Crippen LogP contribution in [0.25, 0.3) is 0 Å². The van der Waals surface area contributed by atoms with Gasteiger partial charge in [0.15, 0.2) is 5.78 Å². The second kappa shape index (κ2) is 6.12. The Labute approximate surface area is 141 Å². The predicted octanol–water partition coefficient (Wildman–Crippen LogP) is 2.00. The second-order valence-electron chi connectivity index (χ2n) is 6.10. The van der Waals surface area contributed by atoms with Gasteiger partial charge in [-0.05, 0) is 43.0 Å². The van der Waals surface area contributed by atoms with E-state index in [0.717, 1.165) is 11.1 Å². The maximum absolute atomic E-state index is 12.5. The van der Waals surface area contributed by atoms with E-state index in [2.05, 4.69) is 4.72 Å². The summed E-state index contributed by atoms with van der Waals surface area (Å²) >= 11 is 0. The minimum atomic E-state index is -3.81.